The number of unbranched alkanes of at least 4 members (excludes halogenated alkanes) is 2. The van der Waals surface area contributed by atoms with Gasteiger partial charge in [0.25, 0.3) is 0 Å². The third-order valence-electron chi connectivity index (χ3n) is 2.01. The Labute approximate surface area is 87.9 Å². The summed E-state index contributed by atoms with van der Waals surface area (Å²) >= 11 is 3.36. The fraction of sp³-hybridized carbons (Fsp3) is 0.455. The molecule has 72 valence electrons. The number of aryl methyl sites for hydroxylation is 1. The summed E-state index contributed by atoms with van der Waals surface area (Å²) < 4.78 is 0.957. The monoisotopic (exact) mass is 242 g/mol. The molecule has 0 bridgehead atoms. The van der Waals surface area contributed by atoms with Gasteiger partial charge in [0.2, 0.25) is 0 Å². The molecule has 0 aliphatic heterocycles. The molecule has 1 nitrogen and oxygen atoms in total. The molecule has 2 heteroatoms. The van der Waals surface area contributed by atoms with Crippen LogP contribution < -0.4 is 0 Å². The number of halogens is 1. The van der Waals surface area contributed by atoms with Gasteiger partial charge in [-0.05, 0) is 36.6 Å². The maximum absolute atomic E-state index is 9.32. The van der Waals surface area contributed by atoms with Crippen LogP contribution in [0.3, 0.4) is 0 Å². The first-order valence-corrected chi connectivity index (χ1v) is 5.50. The minimum absolute atomic E-state index is 0.348. The zero-order chi connectivity index (χ0) is 9.68. The van der Waals surface area contributed by atoms with Crippen molar-refractivity contribution in [1.29, 1.82) is 0 Å². The van der Waals surface area contributed by atoms with Crippen molar-refractivity contribution >= 4 is 15.9 Å². The highest BCUT2D eigenvalue weighted by molar-refractivity contribution is 9.10. The van der Waals surface area contributed by atoms with Crippen molar-refractivity contribution in [2.75, 3.05) is 0 Å². The molecule has 0 aromatic heterocycles. The molecule has 0 saturated carbocycles. The van der Waals surface area contributed by atoms with Crippen LogP contribution in [-0.4, -0.2) is 5.11 Å². The SMILES string of the molecule is CCCCCc1cc(O)cc(Br)c1. The second-order valence-electron chi connectivity index (χ2n) is 3.27. The number of benzene rings is 1. The van der Waals surface area contributed by atoms with Gasteiger partial charge in [0.1, 0.15) is 5.75 Å². The van der Waals surface area contributed by atoms with E-state index in [4.69, 9.17) is 0 Å². The lowest BCUT2D eigenvalue weighted by atomic mass is 10.1. The van der Waals surface area contributed by atoms with E-state index >= 15 is 0 Å². The Balaban J connectivity index is 2.56. The van der Waals surface area contributed by atoms with E-state index in [2.05, 4.69) is 28.9 Å². The summed E-state index contributed by atoms with van der Waals surface area (Å²) in [4.78, 5) is 0. The Morgan fingerprint density at radius 3 is 2.62 bits per heavy atom. The second-order valence-corrected chi connectivity index (χ2v) is 4.19. The normalized spacial score (nSPS) is 10.3. The molecule has 0 fully saturated rings. The first kappa shape index (κ1) is 10.6. The van der Waals surface area contributed by atoms with Gasteiger partial charge in [0, 0.05) is 4.47 Å². The van der Waals surface area contributed by atoms with E-state index in [0.717, 1.165) is 10.9 Å². The Kier molecular flexibility index (Phi) is 4.29. The molecule has 0 atom stereocenters. The third-order valence-corrected chi connectivity index (χ3v) is 2.47. The van der Waals surface area contributed by atoms with Gasteiger partial charge >= 0.3 is 0 Å². The highest BCUT2D eigenvalue weighted by Crippen LogP contribution is 2.21. The molecule has 0 unspecified atom stereocenters. The summed E-state index contributed by atoms with van der Waals surface area (Å²) in [5.41, 5.74) is 1.21. The second kappa shape index (κ2) is 5.28. The lowest BCUT2D eigenvalue weighted by molar-refractivity contribution is 0.474. The fourth-order valence-corrected chi connectivity index (χ4v) is 1.89. The summed E-state index contributed by atoms with van der Waals surface area (Å²) in [6, 6.07) is 5.61. The molecule has 1 aromatic rings. The first-order valence-electron chi connectivity index (χ1n) is 4.71. The molecule has 0 spiro atoms. The lowest BCUT2D eigenvalue weighted by Gasteiger charge is -2.02. The van der Waals surface area contributed by atoms with E-state index in [1.54, 1.807) is 6.07 Å². The number of aromatic hydroxyl groups is 1. The fourth-order valence-electron chi connectivity index (χ4n) is 1.36. The molecule has 0 heterocycles. The molecule has 0 saturated heterocycles. The van der Waals surface area contributed by atoms with Crippen LogP contribution in [0.25, 0.3) is 0 Å². The van der Waals surface area contributed by atoms with Crippen LogP contribution in [0.15, 0.2) is 22.7 Å². The van der Waals surface area contributed by atoms with Gasteiger partial charge in [-0.15, -0.1) is 0 Å². The number of hydrogen-bond donors (Lipinski definition) is 1. The zero-order valence-electron chi connectivity index (χ0n) is 7.89. The lowest BCUT2D eigenvalue weighted by Crippen LogP contribution is -1.85. The van der Waals surface area contributed by atoms with Crippen LogP contribution >= 0.6 is 15.9 Å². The van der Waals surface area contributed by atoms with E-state index < -0.39 is 0 Å². The summed E-state index contributed by atoms with van der Waals surface area (Å²) in [6.07, 6.45) is 4.75. The van der Waals surface area contributed by atoms with Crippen molar-refractivity contribution in [3.05, 3.63) is 28.2 Å². The Morgan fingerprint density at radius 1 is 1.23 bits per heavy atom. The Hall–Kier alpha value is -0.500. The Morgan fingerprint density at radius 2 is 2.00 bits per heavy atom. The molecule has 0 amide bonds. The molecule has 1 aromatic carbocycles. The van der Waals surface area contributed by atoms with E-state index in [9.17, 15) is 5.11 Å². The molecule has 1 rings (SSSR count). The molecular weight excluding hydrogens is 228 g/mol. The van der Waals surface area contributed by atoms with Gasteiger partial charge in [-0.3, -0.25) is 0 Å². The van der Waals surface area contributed by atoms with Gasteiger partial charge in [0.15, 0.2) is 0 Å². The number of hydrogen-bond acceptors (Lipinski definition) is 1. The van der Waals surface area contributed by atoms with Crippen molar-refractivity contribution in [1.82, 2.24) is 0 Å². The highest BCUT2D eigenvalue weighted by Gasteiger charge is 1.97. The molecule has 0 aliphatic carbocycles. The van der Waals surface area contributed by atoms with Crippen LogP contribution in [0, 0.1) is 0 Å². The topological polar surface area (TPSA) is 20.2 Å². The van der Waals surface area contributed by atoms with Gasteiger partial charge in [-0.1, -0.05) is 35.7 Å². The number of rotatable bonds is 4. The molecule has 0 radical (unpaired) electrons. The maximum Gasteiger partial charge on any atom is 0.116 e. The van der Waals surface area contributed by atoms with E-state index in [0.29, 0.717) is 5.75 Å². The van der Waals surface area contributed by atoms with E-state index in [-0.39, 0.29) is 0 Å². The van der Waals surface area contributed by atoms with Crippen molar-refractivity contribution in [3.63, 3.8) is 0 Å². The van der Waals surface area contributed by atoms with Gasteiger partial charge in [0.05, 0.1) is 0 Å². The van der Waals surface area contributed by atoms with Gasteiger partial charge < -0.3 is 5.11 Å². The quantitative estimate of drug-likeness (QED) is 0.795. The zero-order valence-corrected chi connectivity index (χ0v) is 9.47. The first-order chi connectivity index (χ1) is 6.22. The maximum atomic E-state index is 9.32. The standard InChI is InChI=1S/C11H15BrO/c1-2-3-4-5-9-6-10(12)8-11(13)7-9/h6-8,13H,2-5H2,1H3. The summed E-state index contributed by atoms with van der Waals surface area (Å²) in [7, 11) is 0. The minimum atomic E-state index is 0.348. The van der Waals surface area contributed by atoms with Crippen molar-refractivity contribution < 1.29 is 5.11 Å². The molecule has 13 heavy (non-hydrogen) atoms. The smallest absolute Gasteiger partial charge is 0.116 e. The summed E-state index contributed by atoms with van der Waals surface area (Å²) in [6.45, 7) is 2.19. The van der Waals surface area contributed by atoms with Crippen LogP contribution in [-0.2, 0) is 6.42 Å². The highest BCUT2D eigenvalue weighted by atomic mass is 79.9. The van der Waals surface area contributed by atoms with E-state index in [1.807, 2.05) is 6.07 Å². The summed E-state index contributed by atoms with van der Waals surface area (Å²) in [5.74, 6) is 0.348. The average molecular weight is 243 g/mol. The minimum Gasteiger partial charge on any atom is -0.508 e. The molecule has 1 N–H and O–H groups in total. The molecular formula is C11H15BrO. The average Bonchev–Trinajstić information content (AvgIpc) is 2.03. The largest absolute Gasteiger partial charge is 0.508 e. The van der Waals surface area contributed by atoms with Crippen LogP contribution in [0.4, 0.5) is 0 Å². The predicted molar refractivity (Wildman–Crippen MR) is 59.0 cm³/mol. The van der Waals surface area contributed by atoms with Crippen LogP contribution in [0.5, 0.6) is 5.75 Å². The van der Waals surface area contributed by atoms with E-state index in [1.165, 1.54) is 24.8 Å². The molecule has 0 aliphatic rings. The van der Waals surface area contributed by atoms with Crippen molar-refractivity contribution in [3.8, 4) is 5.75 Å². The van der Waals surface area contributed by atoms with Crippen molar-refractivity contribution in [2.24, 2.45) is 0 Å². The number of phenolic OH excluding ortho intramolecular Hbond substituents is 1. The van der Waals surface area contributed by atoms with Crippen LogP contribution in [0.1, 0.15) is 31.7 Å². The van der Waals surface area contributed by atoms with Gasteiger partial charge in [-0.2, -0.15) is 0 Å². The van der Waals surface area contributed by atoms with Crippen LogP contribution in [0.2, 0.25) is 0 Å². The van der Waals surface area contributed by atoms with Crippen molar-refractivity contribution in [2.45, 2.75) is 32.6 Å². The van der Waals surface area contributed by atoms with Gasteiger partial charge in [-0.25, -0.2) is 0 Å². The summed E-state index contributed by atoms with van der Waals surface area (Å²) in [5, 5.41) is 9.32. The third kappa shape index (κ3) is 3.81. The number of phenols is 1. The Bertz CT molecular complexity index is 251. The predicted octanol–water partition coefficient (Wildman–Crippen LogP) is 3.89.